The first kappa shape index (κ1) is 16.0. The van der Waals surface area contributed by atoms with Gasteiger partial charge in [-0.25, -0.2) is 0 Å². The molecule has 0 aliphatic heterocycles. The molecule has 108 valence electrons. The van der Waals surface area contributed by atoms with Crippen LogP contribution in [0.15, 0.2) is 0 Å². The minimum atomic E-state index is 0.129. The van der Waals surface area contributed by atoms with Gasteiger partial charge in [0.25, 0.3) is 0 Å². The topological polar surface area (TPSA) is 21.3 Å². The molecular weight excluding hydrogens is 222 g/mol. The highest BCUT2D eigenvalue weighted by molar-refractivity contribution is 4.90. The predicted octanol–water partition coefficient (Wildman–Crippen LogP) is 4.14. The lowest BCUT2D eigenvalue weighted by Crippen LogP contribution is -2.48. The second kappa shape index (κ2) is 6.91. The molecule has 1 N–H and O–H groups in total. The number of hydrogen-bond donors (Lipinski definition) is 1. The Morgan fingerprint density at radius 3 is 2.28 bits per heavy atom. The molecule has 1 aliphatic carbocycles. The first-order chi connectivity index (χ1) is 8.33. The lowest BCUT2D eigenvalue weighted by molar-refractivity contribution is -0.0446. The zero-order valence-electron chi connectivity index (χ0n) is 13.1. The fourth-order valence-corrected chi connectivity index (χ4v) is 2.60. The van der Waals surface area contributed by atoms with E-state index in [1.807, 2.05) is 0 Å². The molecule has 0 spiro atoms. The van der Waals surface area contributed by atoms with Gasteiger partial charge in [-0.05, 0) is 52.4 Å². The van der Waals surface area contributed by atoms with Crippen LogP contribution in [0.25, 0.3) is 0 Å². The fraction of sp³-hybridized carbons (Fsp3) is 1.00. The summed E-state index contributed by atoms with van der Waals surface area (Å²) in [5.41, 5.74) is 0.321. The summed E-state index contributed by atoms with van der Waals surface area (Å²) >= 11 is 0. The van der Waals surface area contributed by atoms with Crippen LogP contribution in [0, 0.1) is 5.92 Å². The fourth-order valence-electron chi connectivity index (χ4n) is 2.60. The minimum absolute atomic E-state index is 0.129. The third-order valence-corrected chi connectivity index (χ3v) is 3.79. The summed E-state index contributed by atoms with van der Waals surface area (Å²) in [5.74, 6) is 0.792. The monoisotopic (exact) mass is 255 g/mol. The van der Waals surface area contributed by atoms with Crippen LogP contribution in [0.2, 0.25) is 0 Å². The van der Waals surface area contributed by atoms with Gasteiger partial charge in [0, 0.05) is 18.7 Å². The molecule has 1 saturated carbocycles. The molecule has 0 aromatic rings. The molecule has 1 aliphatic rings. The zero-order valence-corrected chi connectivity index (χ0v) is 13.1. The van der Waals surface area contributed by atoms with Crippen molar-refractivity contribution in [2.75, 3.05) is 13.2 Å². The van der Waals surface area contributed by atoms with E-state index in [2.05, 4.69) is 39.9 Å². The van der Waals surface area contributed by atoms with Gasteiger partial charge in [0.2, 0.25) is 0 Å². The van der Waals surface area contributed by atoms with Crippen molar-refractivity contribution in [1.82, 2.24) is 5.32 Å². The normalized spacial score (nSPS) is 19.7. The first-order valence-electron chi connectivity index (χ1n) is 7.72. The number of ether oxygens (including phenoxy) is 1. The Morgan fingerprint density at radius 2 is 1.78 bits per heavy atom. The van der Waals surface area contributed by atoms with Crippen LogP contribution in [0.1, 0.15) is 73.1 Å². The van der Waals surface area contributed by atoms with Gasteiger partial charge < -0.3 is 10.1 Å². The third-order valence-electron chi connectivity index (χ3n) is 3.79. The second-order valence-electron chi connectivity index (χ2n) is 7.38. The third kappa shape index (κ3) is 6.19. The largest absolute Gasteiger partial charge is 0.374 e. The molecule has 0 saturated heterocycles. The highest BCUT2D eigenvalue weighted by atomic mass is 16.5. The van der Waals surface area contributed by atoms with Crippen LogP contribution in [0.3, 0.4) is 0 Å². The standard InChI is InChI=1S/C16H33NO/c1-14(2)9-8-12-18-16(10-6-7-11-16)13-17-15(3,4)5/h14,17H,6-13H2,1-5H3. The van der Waals surface area contributed by atoms with E-state index in [1.54, 1.807) is 0 Å². The molecular formula is C16H33NO. The van der Waals surface area contributed by atoms with Gasteiger partial charge in [-0.1, -0.05) is 26.7 Å². The molecule has 0 radical (unpaired) electrons. The predicted molar refractivity (Wildman–Crippen MR) is 79.0 cm³/mol. The maximum atomic E-state index is 6.27. The average Bonchev–Trinajstić information content (AvgIpc) is 2.70. The number of hydrogen-bond acceptors (Lipinski definition) is 2. The van der Waals surface area contributed by atoms with Crippen LogP contribution < -0.4 is 5.32 Å². The van der Waals surface area contributed by atoms with Crippen LogP contribution in [0.5, 0.6) is 0 Å². The summed E-state index contributed by atoms with van der Waals surface area (Å²) in [7, 11) is 0. The summed E-state index contributed by atoms with van der Waals surface area (Å²) in [6.45, 7) is 13.2. The van der Waals surface area contributed by atoms with E-state index in [-0.39, 0.29) is 11.1 Å². The highest BCUT2D eigenvalue weighted by Crippen LogP contribution is 2.33. The van der Waals surface area contributed by atoms with E-state index in [0.717, 1.165) is 19.1 Å². The number of nitrogens with one attached hydrogen (secondary N) is 1. The van der Waals surface area contributed by atoms with Crippen LogP contribution >= 0.6 is 0 Å². The molecule has 0 amide bonds. The van der Waals surface area contributed by atoms with Gasteiger partial charge in [-0.15, -0.1) is 0 Å². The van der Waals surface area contributed by atoms with Crippen molar-refractivity contribution >= 4 is 0 Å². The average molecular weight is 255 g/mol. The minimum Gasteiger partial charge on any atom is -0.374 e. The lowest BCUT2D eigenvalue weighted by atomic mass is 9.99. The van der Waals surface area contributed by atoms with Crippen molar-refractivity contribution in [3.8, 4) is 0 Å². The van der Waals surface area contributed by atoms with E-state index in [0.29, 0.717) is 0 Å². The molecule has 18 heavy (non-hydrogen) atoms. The van der Waals surface area contributed by atoms with Crippen LogP contribution in [-0.2, 0) is 4.74 Å². The Hall–Kier alpha value is -0.0800. The van der Waals surface area contributed by atoms with Crippen molar-refractivity contribution in [3.63, 3.8) is 0 Å². The molecule has 0 heterocycles. The van der Waals surface area contributed by atoms with E-state index in [9.17, 15) is 0 Å². The maximum absolute atomic E-state index is 6.27. The Balaban J connectivity index is 2.33. The van der Waals surface area contributed by atoms with Gasteiger partial charge in [-0.3, -0.25) is 0 Å². The molecule has 0 aromatic heterocycles. The van der Waals surface area contributed by atoms with Crippen molar-refractivity contribution < 1.29 is 4.74 Å². The maximum Gasteiger partial charge on any atom is 0.0806 e. The molecule has 1 fully saturated rings. The van der Waals surface area contributed by atoms with E-state index in [1.165, 1.54) is 38.5 Å². The zero-order chi connectivity index (χ0) is 13.6. The lowest BCUT2D eigenvalue weighted by Gasteiger charge is -2.33. The van der Waals surface area contributed by atoms with Gasteiger partial charge in [0.05, 0.1) is 5.60 Å². The molecule has 0 unspecified atom stereocenters. The van der Waals surface area contributed by atoms with Gasteiger partial charge in [0.1, 0.15) is 0 Å². The van der Waals surface area contributed by atoms with Crippen molar-refractivity contribution in [3.05, 3.63) is 0 Å². The van der Waals surface area contributed by atoms with Gasteiger partial charge >= 0.3 is 0 Å². The summed E-state index contributed by atoms with van der Waals surface area (Å²) in [5, 5.41) is 3.63. The Morgan fingerprint density at radius 1 is 1.17 bits per heavy atom. The molecule has 2 nitrogen and oxygen atoms in total. The smallest absolute Gasteiger partial charge is 0.0806 e. The van der Waals surface area contributed by atoms with E-state index in [4.69, 9.17) is 4.74 Å². The summed E-state index contributed by atoms with van der Waals surface area (Å²) in [4.78, 5) is 0. The van der Waals surface area contributed by atoms with E-state index < -0.39 is 0 Å². The number of rotatable bonds is 7. The Kier molecular flexibility index (Phi) is 6.13. The van der Waals surface area contributed by atoms with Crippen molar-refractivity contribution in [1.29, 1.82) is 0 Å². The van der Waals surface area contributed by atoms with Gasteiger partial charge in [0.15, 0.2) is 0 Å². The van der Waals surface area contributed by atoms with Crippen molar-refractivity contribution in [2.24, 2.45) is 5.92 Å². The Bertz CT molecular complexity index is 224. The molecule has 2 heteroatoms. The van der Waals surface area contributed by atoms with Crippen LogP contribution in [-0.4, -0.2) is 24.3 Å². The van der Waals surface area contributed by atoms with Crippen LogP contribution in [0.4, 0.5) is 0 Å². The van der Waals surface area contributed by atoms with Gasteiger partial charge in [-0.2, -0.15) is 0 Å². The summed E-state index contributed by atoms with van der Waals surface area (Å²) in [6, 6.07) is 0. The SMILES string of the molecule is CC(C)CCCOC1(CNC(C)(C)C)CCCC1. The first-order valence-corrected chi connectivity index (χ1v) is 7.72. The Labute approximate surface area is 114 Å². The molecule has 0 atom stereocenters. The quantitative estimate of drug-likeness (QED) is 0.690. The summed E-state index contributed by atoms with van der Waals surface area (Å²) < 4.78 is 6.27. The summed E-state index contributed by atoms with van der Waals surface area (Å²) in [6.07, 6.45) is 7.61. The molecule has 0 bridgehead atoms. The molecule has 1 rings (SSSR count). The van der Waals surface area contributed by atoms with E-state index >= 15 is 0 Å². The van der Waals surface area contributed by atoms with Crippen molar-refractivity contribution in [2.45, 2.75) is 84.3 Å². The highest BCUT2D eigenvalue weighted by Gasteiger charge is 2.35. The molecule has 0 aromatic carbocycles. The second-order valence-corrected chi connectivity index (χ2v) is 7.38.